The van der Waals surface area contributed by atoms with E-state index in [4.69, 9.17) is 9.47 Å². The second kappa shape index (κ2) is 8.15. The first kappa shape index (κ1) is 18.7. The van der Waals surface area contributed by atoms with E-state index in [1.165, 1.54) is 11.3 Å². The average Bonchev–Trinajstić information content (AvgIpc) is 3.40. The summed E-state index contributed by atoms with van der Waals surface area (Å²) in [4.78, 5) is 12.5. The van der Waals surface area contributed by atoms with Gasteiger partial charge in [-0.2, -0.15) is 10.2 Å². The topological polar surface area (TPSA) is 88.6 Å². The van der Waals surface area contributed by atoms with E-state index in [2.05, 4.69) is 20.7 Å². The lowest BCUT2D eigenvalue weighted by Crippen LogP contribution is -2.17. The molecule has 0 aliphatic rings. The van der Waals surface area contributed by atoms with Crippen molar-refractivity contribution in [1.29, 1.82) is 0 Å². The number of fused-ring (bicyclic) bond motifs is 1. The highest BCUT2D eigenvalue weighted by atomic mass is 32.1. The largest absolute Gasteiger partial charge is 0.493 e. The van der Waals surface area contributed by atoms with Crippen LogP contribution in [0.3, 0.4) is 0 Å². The van der Waals surface area contributed by atoms with Gasteiger partial charge in [-0.1, -0.05) is 18.2 Å². The number of carbonyl (C=O) groups is 1. The Morgan fingerprint density at radius 2 is 2.00 bits per heavy atom. The Labute approximate surface area is 171 Å². The molecule has 8 heteroatoms. The molecular weight excluding hydrogens is 388 g/mol. The van der Waals surface area contributed by atoms with Crippen molar-refractivity contribution in [2.24, 2.45) is 5.10 Å². The van der Waals surface area contributed by atoms with Crippen molar-refractivity contribution in [1.82, 2.24) is 15.6 Å². The molecule has 0 saturated heterocycles. The monoisotopic (exact) mass is 406 g/mol. The number of hydrazone groups is 1. The predicted molar refractivity (Wildman–Crippen MR) is 114 cm³/mol. The number of carbonyl (C=O) groups excluding carboxylic acids is 1. The average molecular weight is 406 g/mol. The molecular formula is C21H18N4O3S. The van der Waals surface area contributed by atoms with Gasteiger partial charge < -0.3 is 9.47 Å². The zero-order valence-corrected chi connectivity index (χ0v) is 16.6. The number of nitrogens with zero attached hydrogens (tertiary/aromatic N) is 2. The van der Waals surface area contributed by atoms with Crippen LogP contribution in [0.25, 0.3) is 21.3 Å². The van der Waals surface area contributed by atoms with Gasteiger partial charge >= 0.3 is 0 Å². The van der Waals surface area contributed by atoms with E-state index in [-0.39, 0.29) is 5.91 Å². The van der Waals surface area contributed by atoms with Crippen molar-refractivity contribution in [3.8, 4) is 22.8 Å². The number of hydrogen-bond donors (Lipinski definition) is 2. The number of benzene rings is 2. The highest BCUT2D eigenvalue weighted by Gasteiger charge is 2.12. The summed E-state index contributed by atoms with van der Waals surface area (Å²) in [6.07, 6.45) is 3.20. The SMILES string of the molecule is COc1ccc(-c2[nH]ncc2C=NNC(=O)c2csc3ccccc23)cc1OC. The summed E-state index contributed by atoms with van der Waals surface area (Å²) in [5.41, 5.74) is 5.53. The third kappa shape index (κ3) is 3.70. The third-order valence-electron chi connectivity index (χ3n) is 4.44. The van der Waals surface area contributed by atoms with E-state index in [1.807, 2.05) is 47.8 Å². The van der Waals surface area contributed by atoms with Crippen LogP contribution in [-0.4, -0.2) is 36.5 Å². The van der Waals surface area contributed by atoms with Gasteiger partial charge in [-0.05, 0) is 24.3 Å². The lowest BCUT2D eigenvalue weighted by atomic mass is 10.1. The molecule has 2 heterocycles. The first-order valence-electron chi connectivity index (χ1n) is 8.76. The van der Waals surface area contributed by atoms with Crippen LogP contribution in [0.15, 0.2) is 59.1 Å². The number of H-pyrrole nitrogens is 1. The lowest BCUT2D eigenvalue weighted by Gasteiger charge is -2.09. The zero-order chi connectivity index (χ0) is 20.2. The number of hydrogen-bond acceptors (Lipinski definition) is 6. The molecule has 1 amide bonds. The van der Waals surface area contributed by atoms with Gasteiger partial charge in [-0.3, -0.25) is 9.89 Å². The van der Waals surface area contributed by atoms with Crippen LogP contribution in [0.5, 0.6) is 11.5 Å². The minimum atomic E-state index is -0.255. The molecule has 0 aliphatic carbocycles. The fraction of sp³-hybridized carbons (Fsp3) is 0.0952. The normalized spacial score (nSPS) is 11.1. The molecule has 4 aromatic rings. The fourth-order valence-corrected chi connectivity index (χ4v) is 3.93. The maximum Gasteiger partial charge on any atom is 0.272 e. The Balaban J connectivity index is 1.53. The summed E-state index contributed by atoms with van der Waals surface area (Å²) >= 11 is 1.53. The fourth-order valence-electron chi connectivity index (χ4n) is 2.99. The standard InChI is InChI=1S/C21H18N4O3S/c1-27-17-8-7-13(9-18(17)28-2)20-14(10-22-24-20)11-23-25-21(26)16-12-29-19-6-4-3-5-15(16)19/h3-12H,1-2H3,(H,22,24)(H,25,26). The Kier molecular flexibility index (Phi) is 5.26. The molecule has 2 aromatic heterocycles. The maximum atomic E-state index is 12.5. The van der Waals surface area contributed by atoms with Crippen molar-refractivity contribution in [3.63, 3.8) is 0 Å². The summed E-state index contributed by atoms with van der Waals surface area (Å²) < 4.78 is 11.7. The molecule has 0 atom stereocenters. The van der Waals surface area contributed by atoms with Crippen LogP contribution in [-0.2, 0) is 0 Å². The van der Waals surface area contributed by atoms with Crippen molar-refractivity contribution in [2.45, 2.75) is 0 Å². The van der Waals surface area contributed by atoms with E-state index < -0.39 is 0 Å². The quantitative estimate of drug-likeness (QED) is 0.373. The van der Waals surface area contributed by atoms with Gasteiger partial charge in [-0.15, -0.1) is 11.3 Å². The molecule has 0 saturated carbocycles. The number of nitrogens with one attached hydrogen (secondary N) is 2. The summed E-state index contributed by atoms with van der Waals surface area (Å²) in [5, 5.41) is 13.9. The van der Waals surface area contributed by atoms with Crippen LogP contribution in [0.1, 0.15) is 15.9 Å². The van der Waals surface area contributed by atoms with Gasteiger partial charge in [0.1, 0.15) is 0 Å². The Hall–Kier alpha value is -3.65. The molecule has 146 valence electrons. The van der Waals surface area contributed by atoms with E-state index in [9.17, 15) is 4.79 Å². The van der Waals surface area contributed by atoms with Gasteiger partial charge in [0.05, 0.1) is 37.9 Å². The van der Waals surface area contributed by atoms with E-state index in [1.54, 1.807) is 26.6 Å². The van der Waals surface area contributed by atoms with Gasteiger partial charge in [0.2, 0.25) is 0 Å². The lowest BCUT2D eigenvalue weighted by molar-refractivity contribution is 0.0957. The van der Waals surface area contributed by atoms with Gasteiger partial charge in [-0.25, -0.2) is 5.43 Å². The molecule has 0 bridgehead atoms. The maximum absolute atomic E-state index is 12.5. The minimum absolute atomic E-state index is 0.255. The number of methoxy groups -OCH3 is 2. The number of rotatable bonds is 6. The Morgan fingerprint density at radius 3 is 2.83 bits per heavy atom. The summed E-state index contributed by atoms with van der Waals surface area (Å²) in [6, 6.07) is 13.3. The second-order valence-electron chi connectivity index (χ2n) is 6.11. The summed E-state index contributed by atoms with van der Waals surface area (Å²) in [7, 11) is 3.17. The first-order chi connectivity index (χ1) is 14.2. The molecule has 2 aromatic carbocycles. The van der Waals surface area contributed by atoms with Gasteiger partial charge in [0, 0.05) is 26.6 Å². The number of aromatic nitrogens is 2. The van der Waals surface area contributed by atoms with E-state index in [0.29, 0.717) is 17.1 Å². The third-order valence-corrected chi connectivity index (χ3v) is 5.40. The molecule has 0 aliphatic heterocycles. The van der Waals surface area contributed by atoms with E-state index >= 15 is 0 Å². The number of aromatic amines is 1. The zero-order valence-electron chi connectivity index (χ0n) is 15.8. The van der Waals surface area contributed by atoms with Crippen LogP contribution in [0, 0.1) is 0 Å². The molecule has 0 unspecified atom stereocenters. The number of thiophene rings is 1. The molecule has 29 heavy (non-hydrogen) atoms. The Bertz CT molecular complexity index is 1200. The number of amides is 1. The molecule has 2 N–H and O–H groups in total. The van der Waals surface area contributed by atoms with Crippen LogP contribution >= 0.6 is 11.3 Å². The minimum Gasteiger partial charge on any atom is -0.493 e. The van der Waals surface area contributed by atoms with Crippen LogP contribution in [0.2, 0.25) is 0 Å². The van der Waals surface area contributed by atoms with Gasteiger partial charge in [0.15, 0.2) is 11.5 Å². The Morgan fingerprint density at radius 1 is 1.17 bits per heavy atom. The van der Waals surface area contributed by atoms with Crippen LogP contribution in [0.4, 0.5) is 0 Å². The van der Waals surface area contributed by atoms with E-state index in [0.717, 1.165) is 26.9 Å². The van der Waals surface area contributed by atoms with Crippen molar-refractivity contribution < 1.29 is 14.3 Å². The smallest absolute Gasteiger partial charge is 0.272 e. The van der Waals surface area contributed by atoms with Crippen molar-refractivity contribution >= 4 is 33.5 Å². The molecule has 0 spiro atoms. The predicted octanol–water partition coefficient (Wildman–Crippen LogP) is 4.07. The summed E-state index contributed by atoms with van der Waals surface area (Å²) in [6.45, 7) is 0. The van der Waals surface area contributed by atoms with Gasteiger partial charge in [0.25, 0.3) is 5.91 Å². The second-order valence-corrected chi connectivity index (χ2v) is 7.03. The highest BCUT2D eigenvalue weighted by Crippen LogP contribution is 2.32. The number of ether oxygens (including phenoxy) is 2. The molecule has 7 nitrogen and oxygen atoms in total. The van der Waals surface area contributed by atoms with Crippen molar-refractivity contribution in [3.05, 3.63) is 65.2 Å². The van der Waals surface area contributed by atoms with Crippen LogP contribution < -0.4 is 14.9 Å². The van der Waals surface area contributed by atoms with Crippen molar-refractivity contribution in [2.75, 3.05) is 14.2 Å². The first-order valence-corrected chi connectivity index (χ1v) is 9.64. The summed E-state index contributed by atoms with van der Waals surface area (Å²) in [5.74, 6) is 0.997. The molecule has 4 rings (SSSR count). The molecule has 0 radical (unpaired) electrons. The highest BCUT2D eigenvalue weighted by molar-refractivity contribution is 7.17. The molecule has 0 fully saturated rings.